The van der Waals surface area contributed by atoms with Crippen LogP contribution in [-0.2, 0) is 51.0 Å². The summed E-state index contributed by atoms with van der Waals surface area (Å²) in [6.07, 6.45) is 78.8. The van der Waals surface area contributed by atoms with E-state index >= 15 is 19.2 Å². The van der Waals surface area contributed by atoms with Crippen molar-refractivity contribution in [3.05, 3.63) is 132 Å². The maximum atomic E-state index is 17.5. The zero-order valence-electron chi connectivity index (χ0n) is 92.6. The summed E-state index contributed by atoms with van der Waals surface area (Å²) in [4.78, 5) is 75.7. The van der Waals surface area contributed by atoms with Gasteiger partial charge in [0, 0.05) is 74.9 Å². The summed E-state index contributed by atoms with van der Waals surface area (Å²) in [5, 5.41) is 0. The molecular weight excluding hydrogens is 1760 g/mol. The summed E-state index contributed by atoms with van der Waals surface area (Å²) in [6.45, 7) is 18.9. The molecule has 0 bridgehead atoms. The molecule has 0 aromatic heterocycles. The van der Waals surface area contributed by atoms with Gasteiger partial charge in [0.05, 0.1) is 28.4 Å². The Morgan fingerprint density at radius 1 is 0.232 bits per heavy atom. The molecule has 5 aromatic carbocycles. The van der Waals surface area contributed by atoms with Crippen molar-refractivity contribution in [2.75, 3.05) is 74.5 Å². The summed E-state index contributed by atoms with van der Waals surface area (Å²) in [5.41, 5.74) is 0.428. The van der Waals surface area contributed by atoms with E-state index in [0.29, 0.717) is 72.2 Å². The van der Waals surface area contributed by atoms with Crippen LogP contribution in [0, 0.1) is 11.8 Å². The zero-order chi connectivity index (χ0) is 102. The van der Waals surface area contributed by atoms with Crippen molar-refractivity contribution in [3.63, 3.8) is 0 Å². The van der Waals surface area contributed by atoms with Crippen LogP contribution in [0.15, 0.2) is 121 Å². The first kappa shape index (κ1) is 122. The van der Waals surface area contributed by atoms with E-state index in [0.717, 1.165) is 88.2 Å². The molecule has 0 unspecified atom stereocenters. The molecule has 0 radical (unpaired) electrons. The summed E-state index contributed by atoms with van der Waals surface area (Å²) in [7, 11) is 6.56. The molecule has 2 heterocycles. The van der Waals surface area contributed by atoms with Crippen molar-refractivity contribution in [2.24, 2.45) is 11.8 Å². The third-order valence-corrected chi connectivity index (χ3v) is 30.4. The number of methoxy groups -OCH3 is 4. The normalized spacial score (nSPS) is 16.4. The molecule has 2 aliphatic heterocycles. The van der Waals surface area contributed by atoms with E-state index in [1.54, 1.807) is 48.0 Å². The van der Waals surface area contributed by atoms with Crippen molar-refractivity contribution in [2.45, 2.75) is 528 Å². The highest BCUT2D eigenvalue weighted by Crippen LogP contribution is 2.47. The molecule has 0 aliphatic carbocycles. The van der Waals surface area contributed by atoms with Gasteiger partial charge in [-0.3, -0.25) is 38.8 Å². The highest BCUT2D eigenvalue weighted by atomic mass is 16.7. The summed E-state index contributed by atoms with van der Waals surface area (Å²) in [5.74, 6) is 0.860. The Hall–Kier alpha value is -6.98. The third-order valence-electron chi connectivity index (χ3n) is 30.4. The number of hydrogen-bond donors (Lipinski definition) is 0. The Labute approximate surface area is 867 Å². The second-order valence-corrected chi connectivity index (χ2v) is 43.1. The number of unbranched alkanes of at least 4 members (excludes halogenated alkanes) is 60. The van der Waals surface area contributed by atoms with Gasteiger partial charge in [-0.05, 0) is 146 Å². The average molecular weight is 1970 g/mol. The number of rotatable bonds is 90. The largest absolute Gasteiger partial charge is 0.497 e. The molecule has 4 amide bonds. The molecular formula is C126H206N4O12. The van der Waals surface area contributed by atoms with Crippen molar-refractivity contribution in [3.8, 4) is 23.0 Å². The first-order chi connectivity index (χ1) is 69.6. The van der Waals surface area contributed by atoms with E-state index in [-0.39, 0.29) is 61.1 Å². The van der Waals surface area contributed by atoms with Crippen molar-refractivity contribution >= 4 is 46.4 Å². The molecule has 7 rings (SSSR count). The van der Waals surface area contributed by atoms with E-state index < -0.39 is 35.7 Å². The quantitative estimate of drug-likeness (QED) is 0.0269. The molecule has 2 saturated heterocycles. The third kappa shape index (κ3) is 45.0. The van der Waals surface area contributed by atoms with E-state index in [2.05, 4.69) is 52.0 Å². The monoisotopic (exact) mass is 1970 g/mol. The number of hydrogen-bond acceptors (Lipinski definition) is 12. The van der Waals surface area contributed by atoms with Crippen LogP contribution in [0.4, 0.5) is 22.7 Å². The molecule has 16 nitrogen and oxygen atoms in total. The molecule has 16 heteroatoms. The molecule has 0 N–H and O–H groups in total. The van der Waals surface area contributed by atoms with Gasteiger partial charge >= 0.3 is 0 Å². The first-order valence-electron chi connectivity index (χ1n) is 59.0. The minimum absolute atomic E-state index is 0.00949. The SMILES string of the molecule is CCCCCCCCCCCCCCCCCCOC(C[C@@]1(Cc2ccc(C[C@]3(CC(OCCCCCCCCCCCCCCCCCC)OCCCCCCCCCCCCCCCCCC)C(=O)N(c4ccc(OC)cc4)[C@@H](C(C)C)C(=O)N3c3ccc(OC)cc3)cc2)C(=O)N(c2ccc(OC)cc2)[C@@H](C(C)C)C(=O)N1c1ccc(OC)cc1)OCCCCCCCCCCCCCCCCCC. The minimum atomic E-state index is -1.68. The lowest BCUT2D eigenvalue weighted by Crippen LogP contribution is -2.75. The van der Waals surface area contributed by atoms with Gasteiger partial charge in [0.1, 0.15) is 46.2 Å². The van der Waals surface area contributed by atoms with Crippen molar-refractivity contribution in [1.29, 1.82) is 0 Å². The van der Waals surface area contributed by atoms with Gasteiger partial charge in [0.2, 0.25) is 0 Å². The fourth-order valence-corrected chi connectivity index (χ4v) is 21.8. The first-order valence-corrected chi connectivity index (χ1v) is 59.0. The lowest BCUT2D eigenvalue weighted by Gasteiger charge is -2.54. The Bertz CT molecular complexity index is 3640. The van der Waals surface area contributed by atoms with Crippen LogP contribution in [0.5, 0.6) is 23.0 Å². The van der Waals surface area contributed by atoms with E-state index in [1.165, 1.54) is 334 Å². The van der Waals surface area contributed by atoms with Gasteiger partial charge in [-0.2, -0.15) is 0 Å². The van der Waals surface area contributed by atoms with Crippen LogP contribution in [0.1, 0.15) is 490 Å². The predicted octanol–water partition coefficient (Wildman–Crippen LogP) is 35.0. The lowest BCUT2D eigenvalue weighted by atomic mass is 9.77. The lowest BCUT2D eigenvalue weighted by molar-refractivity contribution is -0.163. The number of piperazine rings is 2. The van der Waals surface area contributed by atoms with Crippen molar-refractivity contribution in [1.82, 2.24) is 0 Å². The standard InChI is InChI=1S/C126H206N4O12/c1-13-17-21-25-29-33-37-41-45-49-53-57-61-65-69-73-97-139-117(140-98-74-70-66-62-58-54-50-46-42-38-34-30-26-22-18-14-2)103-125(123(133)127(109-81-89-113(135-9)90-82-109)119(105(5)6)121(131)129(125)111-85-93-115(137-11)94-86-111)101-107-77-79-108(80-78-107)102-126(124(134)128(110-83-91-114(136-10)92-84-110)120(106(7)8)122(132)130(126)112-87-95-116(138-12)96-88-112)104-118(141-99-75-71-67-63-59-55-51-47-43-39-35-31-27-23-19-15-3)142-100-76-72-68-64-60-56-52-48-44-40-36-32-28-24-20-16-4/h77-96,105-106,117-120H,13-76,97-104H2,1-12H3/t119-,120-,125-,126-/m0/s1. The number of anilines is 4. The molecule has 0 saturated carbocycles. The highest BCUT2D eigenvalue weighted by Gasteiger charge is 2.61. The molecule has 802 valence electrons. The van der Waals surface area contributed by atoms with E-state index in [1.807, 2.05) is 125 Å². The smallest absolute Gasteiger partial charge is 0.254 e. The second kappa shape index (κ2) is 75.7. The molecule has 4 atom stereocenters. The van der Waals surface area contributed by atoms with E-state index in [9.17, 15) is 0 Å². The Kier molecular flexibility index (Phi) is 65.0. The predicted molar refractivity (Wildman–Crippen MR) is 597 cm³/mol. The highest BCUT2D eigenvalue weighted by molar-refractivity contribution is 6.20. The van der Waals surface area contributed by atoms with Gasteiger partial charge in [0.15, 0.2) is 12.6 Å². The maximum Gasteiger partial charge on any atom is 0.254 e. The molecule has 0 spiro atoms. The number of nitrogens with zero attached hydrogens (tertiary/aromatic N) is 4. The van der Waals surface area contributed by atoms with Crippen LogP contribution in [0.2, 0.25) is 0 Å². The Morgan fingerprint density at radius 2 is 0.401 bits per heavy atom. The number of amides is 4. The summed E-state index contributed by atoms with van der Waals surface area (Å²) >= 11 is 0. The molecule has 5 aromatic rings. The Morgan fingerprint density at radius 3 is 0.570 bits per heavy atom. The fraction of sp³-hybridized carbons (Fsp3) is 0.730. The summed E-state index contributed by atoms with van der Waals surface area (Å²) < 4.78 is 52.0. The van der Waals surface area contributed by atoms with Gasteiger partial charge in [0.25, 0.3) is 23.6 Å². The van der Waals surface area contributed by atoms with Gasteiger partial charge in [-0.15, -0.1) is 0 Å². The van der Waals surface area contributed by atoms with E-state index in [4.69, 9.17) is 37.9 Å². The second-order valence-electron chi connectivity index (χ2n) is 43.1. The van der Waals surface area contributed by atoms with Crippen LogP contribution in [-0.4, -0.2) is 114 Å². The Balaban J connectivity index is 1.28. The molecule has 2 fully saturated rings. The molecule has 2 aliphatic rings. The van der Waals surface area contributed by atoms with Gasteiger partial charge in [-0.1, -0.05) is 465 Å². The number of carbonyl (C=O) groups is 4. The molecule has 142 heavy (non-hydrogen) atoms. The summed E-state index contributed by atoms with van der Waals surface area (Å²) in [6, 6.07) is 36.6. The number of carbonyl (C=O) groups excluding carboxylic acids is 4. The van der Waals surface area contributed by atoms with Crippen LogP contribution in [0.25, 0.3) is 0 Å². The van der Waals surface area contributed by atoms with Gasteiger partial charge < -0.3 is 37.9 Å². The minimum Gasteiger partial charge on any atom is -0.497 e. The van der Waals surface area contributed by atoms with Crippen LogP contribution >= 0.6 is 0 Å². The van der Waals surface area contributed by atoms with Gasteiger partial charge in [-0.25, -0.2) is 0 Å². The van der Waals surface area contributed by atoms with Crippen LogP contribution in [0.3, 0.4) is 0 Å². The topological polar surface area (TPSA) is 155 Å². The van der Waals surface area contributed by atoms with Crippen molar-refractivity contribution < 1.29 is 57.1 Å². The maximum absolute atomic E-state index is 17.5. The zero-order valence-corrected chi connectivity index (χ0v) is 92.6. The van der Waals surface area contributed by atoms with Crippen LogP contribution < -0.4 is 38.5 Å². The number of ether oxygens (including phenoxy) is 8. The average Bonchev–Trinajstić information content (AvgIpc) is 0.713. The fourth-order valence-electron chi connectivity index (χ4n) is 21.8. The number of benzene rings is 5.